The SMILES string of the molecule is Cc1ccc(C(c2ccc(C)s2)(c2ccc(C)s2)c2ccc(C)s2)s1. The maximum atomic E-state index is 2.33. The molecule has 0 atom stereocenters. The summed E-state index contributed by atoms with van der Waals surface area (Å²) in [4.78, 5) is 11.2. The van der Waals surface area contributed by atoms with Crippen molar-refractivity contribution < 1.29 is 0 Å². The van der Waals surface area contributed by atoms with Gasteiger partial charge < -0.3 is 0 Å². The molecule has 0 saturated carbocycles. The van der Waals surface area contributed by atoms with Crippen molar-refractivity contribution in [3.8, 4) is 0 Å². The zero-order chi connectivity index (χ0) is 17.6. The van der Waals surface area contributed by atoms with Gasteiger partial charge in [0, 0.05) is 39.0 Å². The van der Waals surface area contributed by atoms with Crippen molar-refractivity contribution in [2.75, 3.05) is 0 Å². The summed E-state index contributed by atoms with van der Waals surface area (Å²) in [6.07, 6.45) is 0. The molecular weight excluding hydrogens is 380 g/mol. The van der Waals surface area contributed by atoms with Gasteiger partial charge in [0.05, 0.1) is 0 Å². The van der Waals surface area contributed by atoms with E-state index in [1.165, 1.54) is 39.0 Å². The summed E-state index contributed by atoms with van der Waals surface area (Å²) in [5, 5.41) is 0. The van der Waals surface area contributed by atoms with Crippen molar-refractivity contribution in [1.29, 1.82) is 0 Å². The minimum atomic E-state index is -0.171. The third kappa shape index (κ3) is 2.85. The van der Waals surface area contributed by atoms with E-state index in [2.05, 4.69) is 76.2 Å². The predicted octanol–water partition coefficient (Wildman–Crippen LogP) is 7.55. The van der Waals surface area contributed by atoms with Gasteiger partial charge in [0.25, 0.3) is 0 Å². The molecule has 0 aromatic carbocycles. The van der Waals surface area contributed by atoms with Gasteiger partial charge in [0.2, 0.25) is 0 Å². The van der Waals surface area contributed by atoms with Gasteiger partial charge in [-0.1, -0.05) is 0 Å². The highest BCUT2D eigenvalue weighted by Gasteiger charge is 2.43. The van der Waals surface area contributed by atoms with Gasteiger partial charge in [-0.2, -0.15) is 0 Å². The van der Waals surface area contributed by atoms with Crippen LogP contribution in [0.3, 0.4) is 0 Å². The molecule has 4 aromatic heterocycles. The second-order valence-corrected chi connectivity index (χ2v) is 11.5. The molecule has 0 bridgehead atoms. The molecule has 0 aliphatic carbocycles. The molecule has 0 radical (unpaired) electrons. The Kier molecular flexibility index (Phi) is 4.49. The average Bonchev–Trinajstić information content (AvgIpc) is 3.33. The standard InChI is InChI=1S/C21H20S4/c1-13-5-9-17(22-13)21(18-10-6-14(2)23-18,19-11-7-15(3)24-19)20-12-8-16(4)25-20/h5-12H,1-4H3. The zero-order valence-electron chi connectivity index (χ0n) is 14.8. The molecule has 4 aromatic rings. The molecule has 0 nitrogen and oxygen atoms in total. The smallest absolute Gasteiger partial charge is 0.107 e. The van der Waals surface area contributed by atoms with Crippen molar-refractivity contribution in [3.05, 3.63) is 87.5 Å². The Morgan fingerprint density at radius 1 is 0.440 bits per heavy atom. The van der Waals surface area contributed by atoms with Crippen molar-refractivity contribution in [2.45, 2.75) is 33.1 Å². The fourth-order valence-corrected chi connectivity index (χ4v) is 8.07. The second kappa shape index (κ2) is 6.51. The van der Waals surface area contributed by atoms with E-state index < -0.39 is 0 Å². The normalized spacial score (nSPS) is 12.0. The highest BCUT2D eigenvalue weighted by atomic mass is 32.1. The monoisotopic (exact) mass is 400 g/mol. The van der Waals surface area contributed by atoms with Gasteiger partial charge in [0.1, 0.15) is 5.41 Å². The first-order valence-electron chi connectivity index (χ1n) is 8.28. The summed E-state index contributed by atoms with van der Waals surface area (Å²) >= 11 is 7.71. The van der Waals surface area contributed by atoms with E-state index >= 15 is 0 Å². The van der Waals surface area contributed by atoms with Gasteiger partial charge in [-0.15, -0.1) is 45.3 Å². The quantitative estimate of drug-likeness (QED) is 0.332. The maximum Gasteiger partial charge on any atom is 0.107 e. The van der Waals surface area contributed by atoms with Crippen LogP contribution in [0.15, 0.2) is 48.5 Å². The van der Waals surface area contributed by atoms with Crippen LogP contribution in [0.25, 0.3) is 0 Å². The highest BCUT2D eigenvalue weighted by molar-refractivity contribution is 7.17. The lowest BCUT2D eigenvalue weighted by atomic mass is 9.81. The molecule has 25 heavy (non-hydrogen) atoms. The molecule has 128 valence electrons. The van der Waals surface area contributed by atoms with Gasteiger partial charge >= 0.3 is 0 Å². The van der Waals surface area contributed by atoms with Gasteiger partial charge in [-0.25, -0.2) is 0 Å². The summed E-state index contributed by atoms with van der Waals surface area (Å²) < 4.78 is 0. The predicted molar refractivity (Wildman–Crippen MR) is 115 cm³/mol. The first-order chi connectivity index (χ1) is 12.0. The summed E-state index contributed by atoms with van der Waals surface area (Å²) in [6, 6.07) is 18.4. The van der Waals surface area contributed by atoms with Crippen molar-refractivity contribution in [1.82, 2.24) is 0 Å². The lowest BCUT2D eigenvalue weighted by Gasteiger charge is -2.30. The Morgan fingerprint density at radius 3 is 0.840 bits per heavy atom. The van der Waals surface area contributed by atoms with E-state index in [-0.39, 0.29) is 5.41 Å². The molecule has 0 saturated heterocycles. The second-order valence-electron chi connectivity index (χ2n) is 6.39. The van der Waals surface area contributed by atoms with Gasteiger partial charge in [-0.3, -0.25) is 0 Å². The van der Waals surface area contributed by atoms with E-state index in [0.717, 1.165) is 0 Å². The zero-order valence-corrected chi connectivity index (χ0v) is 18.0. The Hall–Kier alpha value is -1.20. The molecule has 4 rings (SSSR count). The van der Waals surface area contributed by atoms with Crippen molar-refractivity contribution in [3.63, 3.8) is 0 Å². The molecule has 0 aliphatic rings. The number of aryl methyl sites for hydroxylation is 4. The van der Waals surface area contributed by atoms with Crippen LogP contribution in [0, 0.1) is 27.7 Å². The average molecular weight is 401 g/mol. The third-order valence-corrected chi connectivity index (χ3v) is 8.92. The topological polar surface area (TPSA) is 0 Å². The molecule has 0 aliphatic heterocycles. The summed E-state index contributed by atoms with van der Waals surface area (Å²) in [5.41, 5.74) is -0.171. The lowest BCUT2D eigenvalue weighted by Crippen LogP contribution is -2.26. The number of thiophene rings is 4. The molecule has 0 spiro atoms. The van der Waals surface area contributed by atoms with Crippen LogP contribution in [0.2, 0.25) is 0 Å². The fraction of sp³-hybridized carbons (Fsp3) is 0.238. The largest absolute Gasteiger partial charge is 0.144 e. The Morgan fingerprint density at radius 2 is 0.680 bits per heavy atom. The van der Waals surface area contributed by atoms with E-state index in [0.29, 0.717) is 0 Å². The van der Waals surface area contributed by atoms with Crippen LogP contribution in [0.1, 0.15) is 39.0 Å². The highest BCUT2D eigenvalue weighted by Crippen LogP contribution is 2.53. The number of rotatable bonds is 4. The third-order valence-electron chi connectivity index (χ3n) is 4.44. The Balaban J connectivity index is 2.11. The van der Waals surface area contributed by atoms with E-state index in [1.807, 2.05) is 45.3 Å². The maximum absolute atomic E-state index is 2.33. The van der Waals surface area contributed by atoms with Crippen LogP contribution in [-0.2, 0) is 5.41 Å². The van der Waals surface area contributed by atoms with Gasteiger partial charge in [0.15, 0.2) is 0 Å². The molecular formula is C21H20S4. The number of hydrogen-bond acceptors (Lipinski definition) is 4. The first-order valence-corrected chi connectivity index (χ1v) is 11.5. The molecule has 0 fully saturated rings. The van der Waals surface area contributed by atoms with Crippen LogP contribution >= 0.6 is 45.3 Å². The van der Waals surface area contributed by atoms with Crippen LogP contribution in [-0.4, -0.2) is 0 Å². The minimum Gasteiger partial charge on any atom is -0.144 e. The van der Waals surface area contributed by atoms with E-state index in [1.54, 1.807) is 0 Å². The van der Waals surface area contributed by atoms with Gasteiger partial charge in [-0.05, 0) is 76.2 Å². The fourth-order valence-electron chi connectivity index (χ4n) is 3.27. The molecule has 4 heteroatoms. The lowest BCUT2D eigenvalue weighted by molar-refractivity contribution is 0.823. The minimum absolute atomic E-state index is 0.171. The van der Waals surface area contributed by atoms with E-state index in [9.17, 15) is 0 Å². The van der Waals surface area contributed by atoms with Crippen molar-refractivity contribution >= 4 is 45.3 Å². The summed E-state index contributed by atoms with van der Waals surface area (Å²) in [7, 11) is 0. The number of hydrogen-bond donors (Lipinski definition) is 0. The van der Waals surface area contributed by atoms with E-state index in [4.69, 9.17) is 0 Å². The Bertz CT molecular complexity index is 842. The van der Waals surface area contributed by atoms with Crippen LogP contribution < -0.4 is 0 Å². The summed E-state index contributed by atoms with van der Waals surface area (Å²) in [5.74, 6) is 0. The summed E-state index contributed by atoms with van der Waals surface area (Å²) in [6.45, 7) is 8.83. The molecule has 0 N–H and O–H groups in total. The van der Waals surface area contributed by atoms with Crippen LogP contribution in [0.5, 0.6) is 0 Å². The molecule has 0 unspecified atom stereocenters. The first kappa shape index (κ1) is 17.2. The molecule has 4 heterocycles. The van der Waals surface area contributed by atoms with Crippen molar-refractivity contribution in [2.24, 2.45) is 0 Å². The van der Waals surface area contributed by atoms with Crippen LogP contribution in [0.4, 0.5) is 0 Å². The Labute approximate surface area is 165 Å². The molecule has 0 amide bonds.